The summed E-state index contributed by atoms with van der Waals surface area (Å²) >= 11 is 0. The number of nitro groups is 1. The molecule has 0 spiro atoms. The zero-order valence-corrected chi connectivity index (χ0v) is 11.6. The van der Waals surface area contributed by atoms with Crippen molar-refractivity contribution in [2.75, 3.05) is 5.32 Å². The van der Waals surface area contributed by atoms with Crippen molar-refractivity contribution in [3.05, 3.63) is 68.8 Å². The predicted molar refractivity (Wildman–Crippen MR) is 76.3 cm³/mol. The van der Waals surface area contributed by atoms with Crippen LogP contribution in [0.3, 0.4) is 0 Å². The van der Waals surface area contributed by atoms with Gasteiger partial charge < -0.3 is 5.32 Å². The van der Waals surface area contributed by atoms with Gasteiger partial charge in [-0.3, -0.25) is 10.1 Å². The third-order valence-corrected chi connectivity index (χ3v) is 3.26. The molecule has 0 saturated heterocycles. The first-order valence-corrected chi connectivity index (χ1v) is 6.32. The van der Waals surface area contributed by atoms with Crippen LogP contribution in [0, 0.1) is 35.6 Å². The van der Waals surface area contributed by atoms with Crippen LogP contribution in [-0.2, 0) is 6.54 Å². The average molecular weight is 292 g/mol. The lowest BCUT2D eigenvalue weighted by atomic mass is 10.1. The van der Waals surface area contributed by atoms with Gasteiger partial charge in [-0.2, -0.15) is 0 Å². The molecule has 2 aromatic carbocycles. The number of halogens is 2. The van der Waals surface area contributed by atoms with E-state index in [9.17, 15) is 18.9 Å². The Morgan fingerprint density at radius 3 is 2.33 bits per heavy atom. The Bertz CT molecular complexity index is 682. The summed E-state index contributed by atoms with van der Waals surface area (Å²) in [4.78, 5) is 10.4. The van der Waals surface area contributed by atoms with Crippen molar-refractivity contribution in [1.82, 2.24) is 0 Å². The van der Waals surface area contributed by atoms with E-state index in [1.165, 1.54) is 24.3 Å². The molecule has 0 bridgehead atoms. The lowest BCUT2D eigenvalue weighted by Gasteiger charge is -2.12. The lowest BCUT2D eigenvalue weighted by Crippen LogP contribution is -2.06. The van der Waals surface area contributed by atoms with E-state index in [2.05, 4.69) is 5.32 Å². The van der Waals surface area contributed by atoms with Gasteiger partial charge in [0.1, 0.15) is 11.6 Å². The topological polar surface area (TPSA) is 55.2 Å². The fourth-order valence-electron chi connectivity index (χ4n) is 2.07. The first kappa shape index (κ1) is 14.9. The summed E-state index contributed by atoms with van der Waals surface area (Å²) in [6.07, 6.45) is 0. The minimum absolute atomic E-state index is 0.0233. The zero-order valence-electron chi connectivity index (χ0n) is 11.6. The van der Waals surface area contributed by atoms with Crippen molar-refractivity contribution in [2.45, 2.75) is 20.4 Å². The molecule has 2 aromatic rings. The largest absolute Gasteiger partial charge is 0.381 e. The minimum Gasteiger partial charge on any atom is -0.381 e. The van der Waals surface area contributed by atoms with Crippen molar-refractivity contribution in [3.8, 4) is 0 Å². The molecule has 0 heterocycles. The average Bonchev–Trinajstić information content (AvgIpc) is 2.41. The van der Waals surface area contributed by atoms with Crippen LogP contribution in [-0.4, -0.2) is 4.92 Å². The van der Waals surface area contributed by atoms with Gasteiger partial charge in [0.2, 0.25) is 0 Å². The molecule has 0 aliphatic rings. The number of anilines is 1. The highest BCUT2D eigenvalue weighted by Gasteiger charge is 2.14. The third-order valence-electron chi connectivity index (χ3n) is 3.26. The van der Waals surface area contributed by atoms with Gasteiger partial charge in [0.05, 0.1) is 4.92 Å². The molecule has 0 amide bonds. The predicted octanol–water partition coefficient (Wildman–Crippen LogP) is 4.10. The molecule has 21 heavy (non-hydrogen) atoms. The monoisotopic (exact) mass is 292 g/mol. The van der Waals surface area contributed by atoms with Gasteiger partial charge in [0, 0.05) is 29.4 Å². The van der Waals surface area contributed by atoms with E-state index in [1.807, 2.05) is 0 Å². The summed E-state index contributed by atoms with van der Waals surface area (Å²) in [5.74, 6) is -1.25. The van der Waals surface area contributed by atoms with Crippen LogP contribution in [0.25, 0.3) is 0 Å². The molecule has 0 saturated carbocycles. The Labute approximate surface area is 120 Å². The fraction of sp³-hybridized carbons (Fsp3) is 0.200. The van der Waals surface area contributed by atoms with Crippen molar-refractivity contribution in [3.63, 3.8) is 0 Å². The maximum Gasteiger partial charge on any atom is 0.272 e. The Morgan fingerprint density at radius 1 is 1.14 bits per heavy atom. The van der Waals surface area contributed by atoms with Crippen molar-refractivity contribution in [1.29, 1.82) is 0 Å². The Kier molecular flexibility index (Phi) is 4.16. The number of aryl methyl sites for hydroxylation is 2. The molecule has 6 heteroatoms. The third kappa shape index (κ3) is 3.16. The summed E-state index contributed by atoms with van der Waals surface area (Å²) in [5, 5.41) is 13.8. The number of hydrogen-bond donors (Lipinski definition) is 1. The molecule has 0 fully saturated rings. The Hall–Kier alpha value is -2.50. The number of nitro benzene ring substituents is 1. The Morgan fingerprint density at radius 2 is 1.76 bits per heavy atom. The van der Waals surface area contributed by atoms with Crippen LogP contribution >= 0.6 is 0 Å². The normalized spacial score (nSPS) is 10.5. The Balaban J connectivity index is 2.25. The lowest BCUT2D eigenvalue weighted by molar-refractivity contribution is -0.385. The van der Waals surface area contributed by atoms with Crippen molar-refractivity contribution < 1.29 is 13.7 Å². The van der Waals surface area contributed by atoms with E-state index in [1.54, 1.807) is 19.9 Å². The van der Waals surface area contributed by atoms with Gasteiger partial charge in [-0.15, -0.1) is 0 Å². The SMILES string of the molecule is Cc1cc([N+](=O)[O-])c(C)cc1NCc1c(F)cccc1F. The van der Waals surface area contributed by atoms with Gasteiger partial charge in [0.15, 0.2) is 0 Å². The first-order chi connectivity index (χ1) is 9.90. The van der Waals surface area contributed by atoms with Gasteiger partial charge in [-0.05, 0) is 37.6 Å². The number of nitrogens with one attached hydrogen (secondary N) is 1. The van der Waals surface area contributed by atoms with E-state index >= 15 is 0 Å². The number of hydrogen-bond acceptors (Lipinski definition) is 3. The number of benzene rings is 2. The second kappa shape index (κ2) is 5.87. The zero-order chi connectivity index (χ0) is 15.6. The van der Waals surface area contributed by atoms with Crippen LogP contribution in [0.1, 0.15) is 16.7 Å². The summed E-state index contributed by atoms with van der Waals surface area (Å²) in [7, 11) is 0. The first-order valence-electron chi connectivity index (χ1n) is 6.32. The molecule has 2 rings (SSSR count). The van der Waals surface area contributed by atoms with E-state index in [4.69, 9.17) is 0 Å². The van der Waals surface area contributed by atoms with Gasteiger partial charge in [-0.25, -0.2) is 8.78 Å². The molecule has 1 N–H and O–H groups in total. The molecule has 0 radical (unpaired) electrons. The molecule has 0 aliphatic carbocycles. The number of rotatable bonds is 4. The van der Waals surface area contributed by atoms with E-state index in [0.29, 0.717) is 16.8 Å². The summed E-state index contributed by atoms with van der Waals surface area (Å²) in [6.45, 7) is 3.29. The van der Waals surface area contributed by atoms with Crippen LogP contribution in [0.5, 0.6) is 0 Å². The van der Waals surface area contributed by atoms with Crippen molar-refractivity contribution in [2.24, 2.45) is 0 Å². The minimum atomic E-state index is -0.626. The molecular formula is C15H14F2N2O2. The highest BCUT2D eigenvalue weighted by atomic mass is 19.1. The molecule has 4 nitrogen and oxygen atoms in total. The quantitative estimate of drug-likeness (QED) is 0.681. The molecule has 110 valence electrons. The standard InChI is InChI=1S/C15H14F2N2O2/c1-9-7-15(19(20)21)10(2)6-14(9)18-8-11-12(16)4-3-5-13(11)17/h3-7,18H,8H2,1-2H3. The second-order valence-electron chi connectivity index (χ2n) is 4.76. The molecule has 0 aromatic heterocycles. The summed E-state index contributed by atoms with van der Waals surface area (Å²) in [5.41, 5.74) is 1.70. The van der Waals surface area contributed by atoms with Gasteiger partial charge in [0.25, 0.3) is 5.69 Å². The van der Waals surface area contributed by atoms with E-state index in [0.717, 1.165) is 0 Å². The van der Waals surface area contributed by atoms with Crippen molar-refractivity contribution >= 4 is 11.4 Å². The van der Waals surface area contributed by atoms with Crippen LogP contribution in [0.15, 0.2) is 30.3 Å². The summed E-state index contributed by atoms with van der Waals surface area (Å²) in [6, 6.07) is 6.72. The molecule has 0 atom stereocenters. The van der Waals surface area contributed by atoms with Crippen LogP contribution in [0.4, 0.5) is 20.2 Å². The van der Waals surface area contributed by atoms with Gasteiger partial charge >= 0.3 is 0 Å². The van der Waals surface area contributed by atoms with E-state index < -0.39 is 16.6 Å². The van der Waals surface area contributed by atoms with Crippen LogP contribution in [0.2, 0.25) is 0 Å². The maximum atomic E-state index is 13.5. The maximum absolute atomic E-state index is 13.5. The van der Waals surface area contributed by atoms with Crippen LogP contribution < -0.4 is 5.32 Å². The smallest absolute Gasteiger partial charge is 0.272 e. The number of nitrogens with zero attached hydrogens (tertiary/aromatic N) is 1. The molecule has 0 unspecified atom stereocenters. The van der Waals surface area contributed by atoms with E-state index in [-0.39, 0.29) is 17.8 Å². The molecular weight excluding hydrogens is 278 g/mol. The fourth-order valence-corrected chi connectivity index (χ4v) is 2.07. The highest BCUT2D eigenvalue weighted by molar-refractivity contribution is 5.59. The second-order valence-corrected chi connectivity index (χ2v) is 4.76. The van der Waals surface area contributed by atoms with Gasteiger partial charge in [-0.1, -0.05) is 6.07 Å². The molecule has 0 aliphatic heterocycles. The highest BCUT2D eigenvalue weighted by Crippen LogP contribution is 2.26. The summed E-state index contributed by atoms with van der Waals surface area (Å²) < 4.78 is 27.1.